The van der Waals surface area contributed by atoms with Crippen molar-refractivity contribution in [3.63, 3.8) is 0 Å². The lowest BCUT2D eigenvalue weighted by atomic mass is 10.0. The topological polar surface area (TPSA) is 112 Å². The predicted molar refractivity (Wildman–Crippen MR) is 136 cm³/mol. The van der Waals surface area contributed by atoms with Gasteiger partial charge in [0.05, 0.1) is 12.0 Å². The Bertz CT molecular complexity index is 1560. The number of benzene rings is 3. The molecule has 3 aromatic carbocycles. The molecule has 0 radical (unpaired) electrons. The summed E-state index contributed by atoms with van der Waals surface area (Å²) >= 11 is 0. The second kappa shape index (κ2) is 10.3. The zero-order valence-electron chi connectivity index (χ0n) is 20.0. The summed E-state index contributed by atoms with van der Waals surface area (Å²) in [6.45, 7) is 3.52. The van der Waals surface area contributed by atoms with E-state index in [0.717, 1.165) is 11.1 Å². The fourth-order valence-corrected chi connectivity index (χ4v) is 4.94. The standard InChI is InChI=1S/C27H25NO7S/c1-4-24(28-36(31,32)21-12-5-17(2)6-13-21)27(30)34-20-11-14-22-23(16-26(29)35-25(22)15-20)18-7-9-19(33-3)10-8-18/h5-16,24,28H,4H2,1-3H3/t24-/m0/s1. The molecule has 0 saturated carbocycles. The highest BCUT2D eigenvalue weighted by Gasteiger charge is 2.26. The minimum absolute atomic E-state index is 0.0536. The third-order valence-corrected chi connectivity index (χ3v) is 7.14. The van der Waals surface area contributed by atoms with E-state index in [4.69, 9.17) is 13.9 Å². The van der Waals surface area contributed by atoms with E-state index in [2.05, 4.69) is 4.72 Å². The molecule has 0 saturated heterocycles. The van der Waals surface area contributed by atoms with E-state index >= 15 is 0 Å². The lowest BCUT2D eigenvalue weighted by Gasteiger charge is -2.16. The van der Waals surface area contributed by atoms with E-state index in [1.54, 1.807) is 50.4 Å². The Morgan fingerprint density at radius 2 is 1.64 bits per heavy atom. The van der Waals surface area contributed by atoms with Gasteiger partial charge in [-0.05, 0) is 60.9 Å². The van der Waals surface area contributed by atoms with Crippen molar-refractivity contribution in [2.24, 2.45) is 0 Å². The summed E-state index contributed by atoms with van der Waals surface area (Å²) in [5.41, 5.74) is 2.02. The summed E-state index contributed by atoms with van der Waals surface area (Å²) in [6.07, 6.45) is 0.175. The fraction of sp³-hybridized carbons (Fsp3) is 0.185. The van der Waals surface area contributed by atoms with Crippen LogP contribution in [0.2, 0.25) is 0 Å². The summed E-state index contributed by atoms with van der Waals surface area (Å²) in [4.78, 5) is 25.1. The lowest BCUT2D eigenvalue weighted by molar-refractivity contribution is -0.136. The average molecular weight is 508 g/mol. The molecule has 8 nitrogen and oxygen atoms in total. The zero-order chi connectivity index (χ0) is 25.9. The third-order valence-electron chi connectivity index (χ3n) is 5.66. The van der Waals surface area contributed by atoms with Crippen LogP contribution in [0.5, 0.6) is 11.5 Å². The van der Waals surface area contributed by atoms with Gasteiger partial charge in [-0.3, -0.25) is 0 Å². The van der Waals surface area contributed by atoms with Gasteiger partial charge in [-0.15, -0.1) is 0 Å². The van der Waals surface area contributed by atoms with Crippen molar-refractivity contribution >= 4 is 27.0 Å². The molecule has 36 heavy (non-hydrogen) atoms. The van der Waals surface area contributed by atoms with Gasteiger partial charge in [0.1, 0.15) is 23.1 Å². The average Bonchev–Trinajstić information content (AvgIpc) is 2.87. The van der Waals surface area contributed by atoms with Crippen molar-refractivity contribution in [3.8, 4) is 22.6 Å². The second-order valence-corrected chi connectivity index (χ2v) is 9.90. The van der Waals surface area contributed by atoms with Gasteiger partial charge in [-0.1, -0.05) is 36.8 Å². The van der Waals surface area contributed by atoms with Gasteiger partial charge in [-0.2, -0.15) is 4.72 Å². The quantitative estimate of drug-likeness (QED) is 0.213. The van der Waals surface area contributed by atoms with Crippen molar-refractivity contribution in [1.82, 2.24) is 4.72 Å². The first-order valence-electron chi connectivity index (χ1n) is 11.2. The van der Waals surface area contributed by atoms with E-state index in [-0.39, 0.29) is 22.6 Å². The molecule has 9 heteroatoms. The lowest BCUT2D eigenvalue weighted by Crippen LogP contribution is -2.42. The minimum Gasteiger partial charge on any atom is -0.497 e. The maximum Gasteiger partial charge on any atom is 0.336 e. The number of ether oxygens (including phenoxy) is 2. The van der Waals surface area contributed by atoms with Crippen molar-refractivity contribution in [3.05, 3.63) is 88.8 Å². The van der Waals surface area contributed by atoms with Crippen LogP contribution < -0.4 is 19.8 Å². The van der Waals surface area contributed by atoms with E-state index < -0.39 is 27.7 Å². The molecule has 4 rings (SSSR count). The number of hydrogen-bond donors (Lipinski definition) is 1. The summed E-state index contributed by atoms with van der Waals surface area (Å²) in [6, 6.07) is 18.5. The summed E-state index contributed by atoms with van der Waals surface area (Å²) < 4.78 is 43.8. The number of hydrogen-bond acceptors (Lipinski definition) is 7. The molecule has 0 aliphatic rings. The van der Waals surface area contributed by atoms with Crippen LogP contribution in [0.4, 0.5) is 0 Å². The molecule has 0 unspecified atom stereocenters. The molecule has 0 spiro atoms. The Balaban J connectivity index is 1.58. The number of methoxy groups -OCH3 is 1. The molecule has 0 amide bonds. The van der Waals surface area contributed by atoms with Crippen LogP contribution in [0.15, 0.2) is 86.9 Å². The third kappa shape index (κ3) is 5.48. The van der Waals surface area contributed by atoms with Crippen LogP contribution >= 0.6 is 0 Å². The number of aryl methyl sites for hydroxylation is 1. The van der Waals surface area contributed by atoms with E-state index in [9.17, 15) is 18.0 Å². The van der Waals surface area contributed by atoms with Crippen LogP contribution in [0.3, 0.4) is 0 Å². The highest BCUT2D eigenvalue weighted by Crippen LogP contribution is 2.31. The van der Waals surface area contributed by atoms with E-state index in [1.165, 1.54) is 24.3 Å². The number of carbonyl (C=O) groups excluding carboxylic acids is 1. The molecule has 0 bridgehead atoms. The number of sulfonamides is 1. The maximum atomic E-state index is 12.8. The van der Waals surface area contributed by atoms with Gasteiger partial charge in [-0.25, -0.2) is 18.0 Å². The molecule has 186 valence electrons. The largest absolute Gasteiger partial charge is 0.497 e. The number of nitrogens with one attached hydrogen (secondary N) is 1. The first-order valence-corrected chi connectivity index (χ1v) is 12.7. The van der Waals surface area contributed by atoms with Crippen LogP contribution in [-0.2, 0) is 14.8 Å². The van der Waals surface area contributed by atoms with Gasteiger partial charge >= 0.3 is 11.6 Å². The highest BCUT2D eigenvalue weighted by molar-refractivity contribution is 7.89. The van der Waals surface area contributed by atoms with Crippen LogP contribution in [-0.4, -0.2) is 27.5 Å². The second-order valence-electron chi connectivity index (χ2n) is 8.18. The Hall–Kier alpha value is -3.95. The molecule has 4 aromatic rings. The summed E-state index contributed by atoms with van der Waals surface area (Å²) in [5.74, 6) is 0.0282. The van der Waals surface area contributed by atoms with Gasteiger partial charge in [0.2, 0.25) is 10.0 Å². The van der Waals surface area contributed by atoms with Crippen molar-refractivity contribution < 1.29 is 27.1 Å². The molecule has 0 fully saturated rings. The molecule has 1 aromatic heterocycles. The predicted octanol–water partition coefficient (Wildman–Crippen LogP) is 4.44. The van der Waals surface area contributed by atoms with Crippen molar-refractivity contribution in [2.75, 3.05) is 7.11 Å². The Kier molecular flexibility index (Phi) is 7.23. The molecule has 1 N–H and O–H groups in total. The molecular weight excluding hydrogens is 482 g/mol. The summed E-state index contributed by atoms with van der Waals surface area (Å²) in [5, 5.41) is 0.645. The molecular formula is C27H25NO7S. The maximum absolute atomic E-state index is 12.8. The van der Waals surface area contributed by atoms with Gasteiger partial charge in [0, 0.05) is 17.5 Å². The molecule has 1 heterocycles. The minimum atomic E-state index is -3.93. The van der Waals surface area contributed by atoms with E-state index in [0.29, 0.717) is 16.7 Å². The first kappa shape index (κ1) is 25.2. The van der Waals surface area contributed by atoms with Gasteiger partial charge in [0.15, 0.2) is 0 Å². The Morgan fingerprint density at radius 1 is 0.972 bits per heavy atom. The normalized spacial score (nSPS) is 12.3. The highest BCUT2D eigenvalue weighted by atomic mass is 32.2. The molecule has 0 aliphatic heterocycles. The SMILES string of the molecule is CC[C@H](NS(=O)(=O)c1ccc(C)cc1)C(=O)Oc1ccc2c(-c3ccc(OC)cc3)cc(=O)oc2c1. The number of carbonyl (C=O) groups is 1. The fourth-order valence-electron chi connectivity index (χ4n) is 3.67. The van der Waals surface area contributed by atoms with Gasteiger partial charge < -0.3 is 13.9 Å². The smallest absolute Gasteiger partial charge is 0.336 e. The number of fused-ring (bicyclic) bond motifs is 1. The Morgan fingerprint density at radius 3 is 2.28 bits per heavy atom. The molecule has 1 atom stereocenters. The van der Waals surface area contributed by atoms with Crippen molar-refractivity contribution in [1.29, 1.82) is 0 Å². The van der Waals surface area contributed by atoms with Crippen LogP contribution in [0.25, 0.3) is 22.1 Å². The van der Waals surface area contributed by atoms with Crippen LogP contribution in [0.1, 0.15) is 18.9 Å². The van der Waals surface area contributed by atoms with Crippen molar-refractivity contribution in [2.45, 2.75) is 31.2 Å². The number of esters is 1. The first-order chi connectivity index (χ1) is 17.2. The zero-order valence-corrected chi connectivity index (χ0v) is 20.8. The monoisotopic (exact) mass is 507 g/mol. The summed E-state index contributed by atoms with van der Waals surface area (Å²) in [7, 11) is -2.36. The van der Waals surface area contributed by atoms with Crippen LogP contribution in [0, 0.1) is 6.92 Å². The van der Waals surface area contributed by atoms with E-state index in [1.807, 2.05) is 19.1 Å². The number of rotatable bonds is 8. The molecule has 0 aliphatic carbocycles. The van der Waals surface area contributed by atoms with Gasteiger partial charge in [0.25, 0.3) is 0 Å². The Labute approximate surface area is 208 Å².